The second-order valence-electron chi connectivity index (χ2n) is 6.78. The van der Waals surface area contributed by atoms with E-state index in [1.165, 1.54) is 11.8 Å². The van der Waals surface area contributed by atoms with Crippen LogP contribution in [0.25, 0.3) is 5.69 Å². The third-order valence-electron chi connectivity index (χ3n) is 4.76. The van der Waals surface area contributed by atoms with Crippen LogP contribution >= 0.6 is 23.1 Å². The van der Waals surface area contributed by atoms with E-state index in [4.69, 9.17) is 0 Å². The Labute approximate surface area is 186 Å². The predicted octanol–water partition coefficient (Wildman–Crippen LogP) is 2.70. The fraction of sp³-hybridized carbons (Fsp3) is 0.250. The molecule has 0 aliphatic carbocycles. The highest BCUT2D eigenvalue weighted by Gasteiger charge is 2.18. The van der Waals surface area contributed by atoms with Crippen molar-refractivity contribution in [3.05, 3.63) is 68.8 Å². The van der Waals surface area contributed by atoms with Gasteiger partial charge in [-0.25, -0.2) is 9.36 Å². The Morgan fingerprint density at radius 3 is 2.74 bits per heavy atom. The topological polar surface area (TPSA) is 99.6 Å². The first-order valence-corrected chi connectivity index (χ1v) is 11.5. The summed E-state index contributed by atoms with van der Waals surface area (Å²) in [5.41, 5.74) is 1.47. The van der Waals surface area contributed by atoms with E-state index in [-0.39, 0.29) is 17.9 Å². The average Bonchev–Trinajstić information content (AvgIpc) is 3.48. The summed E-state index contributed by atoms with van der Waals surface area (Å²) in [5.74, 6) is 0.269. The largest absolute Gasteiger partial charge is 0.320 e. The van der Waals surface area contributed by atoms with Gasteiger partial charge in [0.2, 0.25) is 11.1 Å². The Bertz CT molecular complexity index is 1230. The maximum atomic E-state index is 12.9. The maximum Gasteiger partial charge on any atom is 0.295 e. The number of hydrogen-bond acceptors (Lipinski definition) is 7. The number of tetrazole rings is 1. The Kier molecular flexibility index (Phi) is 6.33. The first kappa shape index (κ1) is 21.1. The number of carbonyl (C=O) groups excluding carboxylic acids is 1. The molecule has 4 aromatic rings. The Morgan fingerprint density at radius 1 is 1.19 bits per heavy atom. The molecular weight excluding hydrogens is 434 g/mol. The van der Waals surface area contributed by atoms with Crippen molar-refractivity contribution in [3.8, 4) is 5.69 Å². The lowest BCUT2D eigenvalue weighted by Gasteiger charge is -2.07. The Hall–Kier alpha value is -3.18. The van der Waals surface area contributed by atoms with E-state index in [0.29, 0.717) is 28.8 Å². The number of aromatic nitrogens is 6. The molecule has 9 nitrogen and oxygen atoms in total. The van der Waals surface area contributed by atoms with Crippen molar-refractivity contribution in [2.45, 2.75) is 25.0 Å². The molecule has 3 aromatic heterocycles. The highest BCUT2D eigenvalue weighted by Crippen LogP contribution is 2.19. The van der Waals surface area contributed by atoms with Gasteiger partial charge in [0, 0.05) is 24.1 Å². The van der Waals surface area contributed by atoms with Crippen LogP contribution in [0.1, 0.15) is 17.0 Å². The molecule has 160 valence electrons. The van der Waals surface area contributed by atoms with Gasteiger partial charge in [-0.15, -0.1) is 16.4 Å². The maximum absolute atomic E-state index is 12.9. The summed E-state index contributed by atoms with van der Waals surface area (Å²) < 4.78 is 4.99. The van der Waals surface area contributed by atoms with E-state index in [9.17, 15) is 9.59 Å². The molecule has 1 amide bonds. The molecule has 0 radical (unpaired) electrons. The van der Waals surface area contributed by atoms with Crippen LogP contribution < -0.4 is 10.9 Å². The number of para-hydroxylation sites is 1. The number of carbonyl (C=O) groups is 1. The van der Waals surface area contributed by atoms with Crippen LogP contribution in [0, 0.1) is 6.92 Å². The average molecular weight is 456 g/mol. The number of nitrogens with one attached hydrogen (secondary N) is 1. The van der Waals surface area contributed by atoms with Crippen molar-refractivity contribution in [2.75, 3.05) is 11.1 Å². The van der Waals surface area contributed by atoms with Gasteiger partial charge in [0.05, 0.1) is 17.9 Å². The van der Waals surface area contributed by atoms with Gasteiger partial charge in [-0.2, -0.15) is 0 Å². The lowest BCUT2D eigenvalue weighted by Crippen LogP contribution is -2.23. The molecule has 0 bridgehead atoms. The van der Waals surface area contributed by atoms with Gasteiger partial charge in [0.15, 0.2) is 0 Å². The van der Waals surface area contributed by atoms with Gasteiger partial charge in [-0.05, 0) is 40.9 Å². The van der Waals surface area contributed by atoms with Crippen molar-refractivity contribution in [1.29, 1.82) is 0 Å². The zero-order chi connectivity index (χ0) is 21.8. The standard InChI is InChI=1S/C20H21N7O2S2/c1-14-18(19(29)27(25(14)2)15-7-4-3-5-8-15)21-17(28)10-12-31-20-22-23-24-26(20)13-16-9-6-11-30-16/h3-9,11H,10,12-13H2,1-2H3,(H,21,28). The summed E-state index contributed by atoms with van der Waals surface area (Å²) in [6.07, 6.45) is 0.232. The molecule has 0 saturated carbocycles. The number of hydrogen-bond donors (Lipinski definition) is 1. The van der Waals surface area contributed by atoms with Crippen molar-refractivity contribution < 1.29 is 4.79 Å². The smallest absolute Gasteiger partial charge is 0.295 e. The predicted molar refractivity (Wildman–Crippen MR) is 121 cm³/mol. The monoisotopic (exact) mass is 455 g/mol. The summed E-state index contributed by atoms with van der Waals surface area (Å²) in [6.45, 7) is 2.41. The summed E-state index contributed by atoms with van der Waals surface area (Å²) in [5, 5.41) is 17.2. The molecule has 4 rings (SSSR count). The third kappa shape index (κ3) is 4.62. The molecule has 0 saturated heterocycles. The first-order valence-electron chi connectivity index (χ1n) is 9.60. The molecule has 0 aliphatic rings. The van der Waals surface area contributed by atoms with Crippen LogP contribution in [0.4, 0.5) is 5.69 Å². The summed E-state index contributed by atoms with van der Waals surface area (Å²) in [7, 11) is 1.79. The summed E-state index contributed by atoms with van der Waals surface area (Å²) in [4.78, 5) is 26.6. The van der Waals surface area contributed by atoms with Crippen molar-refractivity contribution in [1.82, 2.24) is 29.6 Å². The fourth-order valence-electron chi connectivity index (χ4n) is 3.10. The molecule has 31 heavy (non-hydrogen) atoms. The van der Waals surface area contributed by atoms with Gasteiger partial charge in [-0.3, -0.25) is 14.3 Å². The molecule has 0 unspecified atom stereocenters. The number of thiophene rings is 1. The molecule has 0 aliphatic heterocycles. The number of nitrogens with zero attached hydrogens (tertiary/aromatic N) is 6. The minimum absolute atomic E-state index is 0.226. The number of thioether (sulfide) groups is 1. The molecule has 11 heteroatoms. The highest BCUT2D eigenvalue weighted by molar-refractivity contribution is 7.99. The van der Waals surface area contributed by atoms with Crippen LogP contribution in [-0.2, 0) is 18.4 Å². The molecule has 3 heterocycles. The number of amides is 1. The van der Waals surface area contributed by atoms with Crippen molar-refractivity contribution in [3.63, 3.8) is 0 Å². The first-order chi connectivity index (χ1) is 15.0. The number of benzene rings is 1. The van der Waals surface area contributed by atoms with Crippen molar-refractivity contribution >= 4 is 34.7 Å². The Morgan fingerprint density at radius 2 is 2.00 bits per heavy atom. The van der Waals surface area contributed by atoms with Gasteiger partial charge in [0.1, 0.15) is 5.69 Å². The molecule has 1 aromatic carbocycles. The van der Waals surface area contributed by atoms with E-state index < -0.39 is 0 Å². The van der Waals surface area contributed by atoms with Gasteiger partial charge >= 0.3 is 0 Å². The molecule has 0 spiro atoms. The quantitative estimate of drug-likeness (QED) is 0.410. The van der Waals surface area contributed by atoms with E-state index >= 15 is 0 Å². The Balaban J connectivity index is 1.38. The molecule has 0 atom stereocenters. The van der Waals surface area contributed by atoms with E-state index in [1.54, 1.807) is 32.4 Å². The van der Waals surface area contributed by atoms with Crippen molar-refractivity contribution in [2.24, 2.45) is 7.05 Å². The second-order valence-corrected chi connectivity index (χ2v) is 8.88. The van der Waals surface area contributed by atoms with E-state index in [1.807, 2.05) is 54.8 Å². The summed E-state index contributed by atoms with van der Waals surface area (Å²) >= 11 is 3.05. The minimum atomic E-state index is -0.257. The second kappa shape index (κ2) is 9.31. The molecule has 0 fully saturated rings. The van der Waals surface area contributed by atoms with Gasteiger partial charge in [0.25, 0.3) is 5.56 Å². The molecular formula is C20H21N7O2S2. The van der Waals surface area contributed by atoms with E-state index in [2.05, 4.69) is 20.8 Å². The third-order valence-corrected chi connectivity index (χ3v) is 6.58. The number of anilines is 1. The van der Waals surface area contributed by atoms with Crippen LogP contribution in [0.2, 0.25) is 0 Å². The van der Waals surface area contributed by atoms with Crippen LogP contribution in [0.15, 0.2) is 57.8 Å². The van der Waals surface area contributed by atoms with Crippen LogP contribution in [-0.4, -0.2) is 41.2 Å². The van der Waals surface area contributed by atoms with Gasteiger partial charge in [-0.1, -0.05) is 36.0 Å². The minimum Gasteiger partial charge on any atom is -0.320 e. The fourth-order valence-corrected chi connectivity index (χ4v) is 4.60. The molecule has 1 N–H and O–H groups in total. The van der Waals surface area contributed by atoms with E-state index in [0.717, 1.165) is 10.6 Å². The van der Waals surface area contributed by atoms with Crippen LogP contribution in [0.3, 0.4) is 0 Å². The van der Waals surface area contributed by atoms with Crippen LogP contribution in [0.5, 0.6) is 0 Å². The van der Waals surface area contributed by atoms with Gasteiger partial charge < -0.3 is 5.32 Å². The normalized spacial score (nSPS) is 11.0. The zero-order valence-electron chi connectivity index (χ0n) is 17.1. The SMILES string of the molecule is Cc1c(NC(=O)CCSc2nnnn2Cc2cccs2)c(=O)n(-c2ccccc2)n1C. The zero-order valence-corrected chi connectivity index (χ0v) is 18.7. The number of rotatable bonds is 8. The lowest BCUT2D eigenvalue weighted by molar-refractivity contribution is -0.115. The highest BCUT2D eigenvalue weighted by atomic mass is 32.2. The summed E-state index contributed by atoms with van der Waals surface area (Å²) in [6, 6.07) is 13.3. The lowest BCUT2D eigenvalue weighted by atomic mass is 10.3.